The number of amides is 2. The molecule has 0 fully saturated rings. The van der Waals surface area contributed by atoms with Crippen LogP contribution in [-0.2, 0) is 5.75 Å². The van der Waals surface area contributed by atoms with Crippen molar-refractivity contribution in [3.8, 4) is 0 Å². The Morgan fingerprint density at radius 3 is 3.14 bits per heavy atom. The minimum atomic E-state index is -0.667. The Kier molecular flexibility index (Phi) is 4.71. The summed E-state index contributed by atoms with van der Waals surface area (Å²) in [6, 6.07) is 9.51. The number of aromatic nitrogens is 1. The highest BCUT2D eigenvalue weighted by Crippen LogP contribution is 2.32. The van der Waals surface area contributed by atoms with Crippen molar-refractivity contribution in [3.05, 3.63) is 46.2 Å². The summed E-state index contributed by atoms with van der Waals surface area (Å²) in [5, 5.41) is 5.82. The maximum absolute atomic E-state index is 10.5. The lowest BCUT2D eigenvalue weighted by Gasteiger charge is -1.93. The number of thioether (sulfide) groups is 1. The Bertz CT molecular complexity index is 791. The molecule has 3 aromatic rings. The highest BCUT2D eigenvalue weighted by atomic mass is 32.2. The number of carbonyl (C=O) groups excluding carboxylic acids is 1. The fraction of sp³-hybridized carbons (Fsp3) is 0.0714. The number of carbonyl (C=O) groups is 1. The van der Waals surface area contributed by atoms with E-state index >= 15 is 0 Å². The average molecular weight is 348 g/mol. The Balaban J connectivity index is 1.60. The van der Waals surface area contributed by atoms with Crippen LogP contribution in [0.4, 0.5) is 4.79 Å². The van der Waals surface area contributed by atoms with Gasteiger partial charge >= 0.3 is 6.03 Å². The summed E-state index contributed by atoms with van der Waals surface area (Å²) in [7, 11) is 0. The quantitative estimate of drug-likeness (QED) is 0.419. The van der Waals surface area contributed by atoms with Gasteiger partial charge in [0, 0.05) is 10.6 Å². The lowest BCUT2D eigenvalue weighted by atomic mass is 10.3. The molecule has 0 unspecified atom stereocenters. The van der Waals surface area contributed by atoms with Gasteiger partial charge in [-0.3, -0.25) is 0 Å². The van der Waals surface area contributed by atoms with Crippen LogP contribution in [0, 0.1) is 0 Å². The zero-order valence-corrected chi connectivity index (χ0v) is 13.8. The smallest absolute Gasteiger partial charge is 0.332 e. The number of para-hydroxylation sites is 1. The van der Waals surface area contributed by atoms with Crippen molar-refractivity contribution in [2.45, 2.75) is 10.1 Å². The van der Waals surface area contributed by atoms with E-state index in [1.807, 2.05) is 24.3 Å². The summed E-state index contributed by atoms with van der Waals surface area (Å²) >= 11 is 5.00. The van der Waals surface area contributed by atoms with E-state index in [2.05, 4.69) is 27.0 Å². The third-order valence-corrected chi connectivity index (χ3v) is 5.84. The predicted octanol–water partition coefficient (Wildman–Crippen LogP) is 3.65. The molecule has 1 aromatic carbocycles. The fourth-order valence-corrected chi connectivity index (χ4v) is 4.63. The molecule has 112 valence electrons. The minimum Gasteiger partial charge on any atom is -0.350 e. The molecule has 8 heteroatoms. The molecule has 0 bridgehead atoms. The van der Waals surface area contributed by atoms with E-state index in [4.69, 9.17) is 5.73 Å². The fourth-order valence-electron chi connectivity index (χ4n) is 1.76. The van der Waals surface area contributed by atoms with Crippen molar-refractivity contribution >= 4 is 56.9 Å². The van der Waals surface area contributed by atoms with Crippen LogP contribution in [0.1, 0.15) is 10.4 Å². The second kappa shape index (κ2) is 6.91. The van der Waals surface area contributed by atoms with Crippen molar-refractivity contribution in [2.24, 2.45) is 10.8 Å². The number of fused-ring (bicyclic) bond motifs is 1. The van der Waals surface area contributed by atoms with E-state index < -0.39 is 6.03 Å². The summed E-state index contributed by atoms with van der Waals surface area (Å²) < 4.78 is 2.28. The van der Waals surface area contributed by atoms with Gasteiger partial charge in [0.15, 0.2) is 4.34 Å². The van der Waals surface area contributed by atoms with Gasteiger partial charge in [0.05, 0.1) is 16.4 Å². The normalized spacial score (nSPS) is 11.3. The highest BCUT2D eigenvalue weighted by Gasteiger charge is 2.05. The standard InChI is InChI=1S/C14H12N4OS3/c15-13(19)18-16-6-10-5-9(7-20-10)8-21-14-17-11-3-1-2-4-12(11)22-14/h1-7H,8H2,(H3,15,18,19). The SMILES string of the molecule is NC(=O)NN=Cc1cc(CSc2nc3ccccc3s2)cs1. The number of nitrogens with zero attached hydrogens (tertiary/aromatic N) is 2. The van der Waals surface area contributed by atoms with E-state index in [0.717, 1.165) is 20.5 Å². The number of benzene rings is 1. The van der Waals surface area contributed by atoms with Gasteiger partial charge < -0.3 is 5.73 Å². The predicted molar refractivity (Wildman–Crippen MR) is 93.8 cm³/mol. The van der Waals surface area contributed by atoms with E-state index in [1.54, 1.807) is 40.7 Å². The van der Waals surface area contributed by atoms with Crippen LogP contribution < -0.4 is 11.2 Å². The molecule has 3 rings (SSSR count). The third kappa shape index (κ3) is 3.85. The molecule has 2 amide bonds. The van der Waals surface area contributed by atoms with Crippen LogP contribution in [0.5, 0.6) is 0 Å². The maximum atomic E-state index is 10.5. The summed E-state index contributed by atoms with van der Waals surface area (Å²) in [4.78, 5) is 16.1. The van der Waals surface area contributed by atoms with Gasteiger partial charge in [-0.05, 0) is 29.1 Å². The molecule has 3 N–H and O–H groups in total. The van der Waals surface area contributed by atoms with Gasteiger partial charge in [0.1, 0.15) is 0 Å². The molecule has 0 saturated heterocycles. The van der Waals surface area contributed by atoms with Crippen molar-refractivity contribution in [1.29, 1.82) is 0 Å². The summed E-state index contributed by atoms with van der Waals surface area (Å²) in [5.41, 5.74) is 9.36. The summed E-state index contributed by atoms with van der Waals surface area (Å²) in [5.74, 6) is 0.855. The van der Waals surface area contributed by atoms with E-state index in [9.17, 15) is 4.79 Å². The zero-order chi connectivity index (χ0) is 15.4. The van der Waals surface area contributed by atoms with Gasteiger partial charge in [-0.1, -0.05) is 23.9 Å². The number of nitrogens with two attached hydrogens (primary N) is 1. The lowest BCUT2D eigenvalue weighted by molar-refractivity contribution is 0.249. The summed E-state index contributed by atoms with van der Waals surface area (Å²) in [6.07, 6.45) is 1.58. The molecular weight excluding hydrogens is 336 g/mol. The molecule has 2 aromatic heterocycles. The Hall–Kier alpha value is -1.90. The molecule has 0 spiro atoms. The summed E-state index contributed by atoms with van der Waals surface area (Å²) in [6.45, 7) is 0. The zero-order valence-electron chi connectivity index (χ0n) is 11.4. The first-order valence-electron chi connectivity index (χ1n) is 6.35. The first kappa shape index (κ1) is 15.0. The van der Waals surface area contributed by atoms with Gasteiger partial charge in [0.25, 0.3) is 0 Å². The van der Waals surface area contributed by atoms with Crippen LogP contribution >= 0.6 is 34.4 Å². The molecule has 2 heterocycles. The molecular formula is C14H12N4OS3. The van der Waals surface area contributed by atoms with Crippen molar-refractivity contribution in [1.82, 2.24) is 10.4 Å². The van der Waals surface area contributed by atoms with Crippen molar-refractivity contribution in [2.75, 3.05) is 0 Å². The van der Waals surface area contributed by atoms with E-state index in [1.165, 1.54) is 10.3 Å². The van der Waals surface area contributed by atoms with Crippen LogP contribution in [-0.4, -0.2) is 17.2 Å². The van der Waals surface area contributed by atoms with Gasteiger partial charge in [-0.2, -0.15) is 5.10 Å². The molecule has 0 aliphatic heterocycles. The number of hydrogen-bond donors (Lipinski definition) is 2. The molecule has 0 aliphatic rings. The minimum absolute atomic E-state index is 0.667. The number of hydrogen-bond acceptors (Lipinski definition) is 6. The molecule has 22 heavy (non-hydrogen) atoms. The monoisotopic (exact) mass is 348 g/mol. The van der Waals surface area contributed by atoms with Crippen LogP contribution in [0.15, 0.2) is 45.2 Å². The van der Waals surface area contributed by atoms with Crippen LogP contribution in [0.25, 0.3) is 10.2 Å². The number of urea groups is 1. The van der Waals surface area contributed by atoms with Crippen LogP contribution in [0.3, 0.4) is 0 Å². The second-order valence-electron chi connectivity index (χ2n) is 4.33. The highest BCUT2D eigenvalue weighted by molar-refractivity contribution is 8.00. The second-order valence-corrected chi connectivity index (χ2v) is 7.52. The lowest BCUT2D eigenvalue weighted by Crippen LogP contribution is -2.24. The number of thiophene rings is 1. The van der Waals surface area contributed by atoms with Gasteiger partial charge in [-0.15, -0.1) is 22.7 Å². The number of thiazole rings is 1. The number of nitrogens with one attached hydrogen (secondary N) is 1. The molecule has 0 saturated carbocycles. The Morgan fingerprint density at radius 2 is 2.32 bits per heavy atom. The number of rotatable bonds is 5. The third-order valence-electron chi connectivity index (χ3n) is 2.68. The number of primary amides is 1. The Morgan fingerprint density at radius 1 is 1.45 bits per heavy atom. The largest absolute Gasteiger partial charge is 0.350 e. The molecule has 5 nitrogen and oxygen atoms in total. The molecule has 0 aliphatic carbocycles. The first-order valence-corrected chi connectivity index (χ1v) is 9.03. The van der Waals surface area contributed by atoms with Gasteiger partial charge in [-0.25, -0.2) is 15.2 Å². The van der Waals surface area contributed by atoms with E-state index in [-0.39, 0.29) is 0 Å². The maximum Gasteiger partial charge on any atom is 0.332 e. The van der Waals surface area contributed by atoms with Crippen LogP contribution in [0.2, 0.25) is 0 Å². The average Bonchev–Trinajstić information content (AvgIpc) is 3.10. The first-order chi connectivity index (χ1) is 10.7. The van der Waals surface area contributed by atoms with E-state index in [0.29, 0.717) is 0 Å². The number of hydrazone groups is 1. The van der Waals surface area contributed by atoms with Crippen molar-refractivity contribution < 1.29 is 4.79 Å². The van der Waals surface area contributed by atoms with Crippen molar-refractivity contribution in [3.63, 3.8) is 0 Å². The molecule has 0 radical (unpaired) electrons. The Labute approximate surface area is 139 Å². The molecule has 0 atom stereocenters. The topological polar surface area (TPSA) is 80.4 Å². The van der Waals surface area contributed by atoms with Gasteiger partial charge in [0.2, 0.25) is 0 Å².